The van der Waals surface area contributed by atoms with Crippen molar-refractivity contribution in [2.75, 3.05) is 5.32 Å². The Balaban J connectivity index is 1.99. The Labute approximate surface area is 111 Å². The van der Waals surface area contributed by atoms with Crippen LogP contribution in [0, 0.1) is 0 Å². The van der Waals surface area contributed by atoms with Crippen LogP contribution in [0.3, 0.4) is 0 Å². The van der Waals surface area contributed by atoms with Gasteiger partial charge in [0.2, 0.25) is 0 Å². The first kappa shape index (κ1) is 11.6. The van der Waals surface area contributed by atoms with E-state index >= 15 is 0 Å². The van der Waals surface area contributed by atoms with E-state index in [4.69, 9.17) is 0 Å². The van der Waals surface area contributed by atoms with Crippen LogP contribution in [0.4, 0.5) is 5.69 Å². The zero-order valence-electron chi connectivity index (χ0n) is 8.45. The summed E-state index contributed by atoms with van der Waals surface area (Å²) in [6, 6.07) is 10.2. The van der Waals surface area contributed by atoms with Gasteiger partial charge in [0.1, 0.15) is 0 Å². The third kappa shape index (κ3) is 3.32. The lowest BCUT2D eigenvalue weighted by Gasteiger charge is -2.06. The molecule has 1 heterocycles. The highest BCUT2D eigenvalue weighted by Crippen LogP contribution is 2.15. The standard InChI is InChI=1S/C12H10Br2N2/c13-10-1-3-12(4-2-10)16-7-9-5-11(14)8-15-6-9/h1-6,8,16H,7H2. The van der Waals surface area contributed by atoms with Crippen molar-refractivity contribution in [1.29, 1.82) is 0 Å². The van der Waals surface area contributed by atoms with Gasteiger partial charge >= 0.3 is 0 Å². The first-order valence-electron chi connectivity index (χ1n) is 4.83. The van der Waals surface area contributed by atoms with Crippen molar-refractivity contribution in [2.24, 2.45) is 0 Å². The van der Waals surface area contributed by atoms with Crippen LogP contribution in [0.2, 0.25) is 0 Å². The molecule has 1 N–H and O–H groups in total. The molecule has 0 radical (unpaired) electrons. The van der Waals surface area contributed by atoms with E-state index in [2.05, 4.69) is 48.2 Å². The van der Waals surface area contributed by atoms with Gasteiger partial charge in [0.25, 0.3) is 0 Å². The average molecular weight is 342 g/mol. The lowest BCUT2D eigenvalue weighted by atomic mass is 10.2. The van der Waals surface area contributed by atoms with Crippen LogP contribution in [0.15, 0.2) is 51.7 Å². The van der Waals surface area contributed by atoms with Crippen LogP contribution >= 0.6 is 31.9 Å². The monoisotopic (exact) mass is 340 g/mol. The molecule has 0 unspecified atom stereocenters. The number of benzene rings is 1. The SMILES string of the molecule is Brc1ccc(NCc2cncc(Br)c2)cc1. The van der Waals surface area contributed by atoms with Gasteiger partial charge < -0.3 is 5.32 Å². The fraction of sp³-hybridized carbons (Fsp3) is 0.0833. The van der Waals surface area contributed by atoms with Crippen LogP contribution < -0.4 is 5.32 Å². The molecular formula is C12H10Br2N2. The molecule has 1 aromatic heterocycles. The molecule has 4 heteroatoms. The minimum atomic E-state index is 0.772. The van der Waals surface area contributed by atoms with E-state index in [1.54, 1.807) is 6.20 Å². The molecule has 0 atom stereocenters. The summed E-state index contributed by atoms with van der Waals surface area (Å²) in [6.45, 7) is 0.772. The Morgan fingerprint density at radius 2 is 1.75 bits per heavy atom. The first-order chi connectivity index (χ1) is 7.74. The fourth-order valence-corrected chi connectivity index (χ4v) is 2.00. The van der Waals surface area contributed by atoms with Crippen LogP contribution in [0.5, 0.6) is 0 Å². The number of nitrogens with one attached hydrogen (secondary N) is 1. The Kier molecular flexibility index (Phi) is 3.96. The molecule has 0 saturated heterocycles. The highest BCUT2D eigenvalue weighted by atomic mass is 79.9. The highest BCUT2D eigenvalue weighted by molar-refractivity contribution is 9.10. The molecule has 0 aliphatic heterocycles. The summed E-state index contributed by atoms with van der Waals surface area (Å²) in [5.41, 5.74) is 2.25. The molecule has 1 aromatic carbocycles. The zero-order valence-corrected chi connectivity index (χ0v) is 11.6. The molecule has 0 aliphatic carbocycles. The minimum Gasteiger partial charge on any atom is -0.381 e. The number of nitrogens with zero attached hydrogens (tertiary/aromatic N) is 1. The van der Waals surface area contributed by atoms with Gasteiger partial charge in [0, 0.05) is 33.6 Å². The van der Waals surface area contributed by atoms with Crippen LogP contribution in [0.1, 0.15) is 5.56 Å². The zero-order chi connectivity index (χ0) is 11.4. The molecule has 0 spiro atoms. The molecule has 0 amide bonds. The van der Waals surface area contributed by atoms with E-state index in [-0.39, 0.29) is 0 Å². The Hall–Kier alpha value is -0.870. The number of rotatable bonds is 3. The number of halogens is 2. The predicted molar refractivity (Wildman–Crippen MR) is 73.4 cm³/mol. The molecule has 16 heavy (non-hydrogen) atoms. The maximum atomic E-state index is 4.12. The third-order valence-corrected chi connectivity index (χ3v) is 3.06. The Morgan fingerprint density at radius 3 is 2.44 bits per heavy atom. The molecule has 82 valence electrons. The van der Waals surface area contributed by atoms with Gasteiger partial charge in [0.15, 0.2) is 0 Å². The van der Waals surface area contributed by atoms with Gasteiger partial charge in [0.05, 0.1) is 0 Å². The average Bonchev–Trinajstić information content (AvgIpc) is 2.28. The largest absolute Gasteiger partial charge is 0.381 e. The van der Waals surface area contributed by atoms with E-state index in [1.807, 2.05) is 30.5 Å². The van der Waals surface area contributed by atoms with Crippen LogP contribution in [-0.2, 0) is 6.54 Å². The number of pyridine rings is 1. The molecule has 0 aliphatic rings. The van der Waals surface area contributed by atoms with Crippen LogP contribution in [-0.4, -0.2) is 4.98 Å². The van der Waals surface area contributed by atoms with Gasteiger partial charge in [-0.1, -0.05) is 15.9 Å². The normalized spacial score (nSPS) is 10.1. The lowest BCUT2D eigenvalue weighted by molar-refractivity contribution is 1.11. The summed E-state index contributed by atoms with van der Waals surface area (Å²) in [6.07, 6.45) is 3.64. The van der Waals surface area contributed by atoms with Crippen LogP contribution in [0.25, 0.3) is 0 Å². The van der Waals surface area contributed by atoms with Crippen molar-refractivity contribution in [1.82, 2.24) is 4.98 Å². The highest BCUT2D eigenvalue weighted by Gasteiger charge is 1.95. The Bertz CT molecular complexity index is 469. The number of anilines is 1. The Morgan fingerprint density at radius 1 is 1.00 bits per heavy atom. The molecule has 2 nitrogen and oxygen atoms in total. The van der Waals surface area contributed by atoms with Crippen molar-refractivity contribution in [2.45, 2.75) is 6.54 Å². The second-order valence-electron chi connectivity index (χ2n) is 3.37. The summed E-state index contributed by atoms with van der Waals surface area (Å²) in [5.74, 6) is 0. The summed E-state index contributed by atoms with van der Waals surface area (Å²) in [7, 11) is 0. The maximum Gasteiger partial charge on any atom is 0.0416 e. The summed E-state index contributed by atoms with van der Waals surface area (Å²) < 4.78 is 2.09. The predicted octanol–water partition coefficient (Wildman–Crippen LogP) is 4.22. The topological polar surface area (TPSA) is 24.9 Å². The molecule has 0 bridgehead atoms. The van der Waals surface area contributed by atoms with E-state index in [1.165, 1.54) is 0 Å². The van der Waals surface area contributed by atoms with Crippen molar-refractivity contribution in [3.63, 3.8) is 0 Å². The lowest BCUT2D eigenvalue weighted by Crippen LogP contribution is -1.99. The summed E-state index contributed by atoms with van der Waals surface area (Å²) in [5, 5.41) is 3.33. The van der Waals surface area contributed by atoms with Crippen molar-refractivity contribution >= 4 is 37.5 Å². The van der Waals surface area contributed by atoms with Gasteiger partial charge in [-0.3, -0.25) is 4.98 Å². The molecule has 0 fully saturated rings. The first-order valence-corrected chi connectivity index (χ1v) is 6.41. The van der Waals surface area contributed by atoms with Gasteiger partial charge in [-0.15, -0.1) is 0 Å². The number of hydrogen-bond donors (Lipinski definition) is 1. The van der Waals surface area contributed by atoms with E-state index in [0.29, 0.717) is 0 Å². The van der Waals surface area contributed by atoms with E-state index in [9.17, 15) is 0 Å². The van der Waals surface area contributed by atoms with Gasteiger partial charge in [-0.2, -0.15) is 0 Å². The maximum absolute atomic E-state index is 4.12. The second-order valence-corrected chi connectivity index (χ2v) is 5.20. The second kappa shape index (κ2) is 5.46. The number of hydrogen-bond acceptors (Lipinski definition) is 2. The number of aromatic nitrogens is 1. The van der Waals surface area contributed by atoms with E-state index < -0.39 is 0 Å². The van der Waals surface area contributed by atoms with Crippen molar-refractivity contribution in [3.05, 3.63) is 57.2 Å². The summed E-state index contributed by atoms with van der Waals surface area (Å²) >= 11 is 6.81. The quantitative estimate of drug-likeness (QED) is 0.904. The summed E-state index contributed by atoms with van der Waals surface area (Å²) in [4.78, 5) is 4.12. The van der Waals surface area contributed by atoms with E-state index in [0.717, 1.165) is 26.7 Å². The van der Waals surface area contributed by atoms with Crippen molar-refractivity contribution < 1.29 is 0 Å². The van der Waals surface area contributed by atoms with Gasteiger partial charge in [-0.25, -0.2) is 0 Å². The van der Waals surface area contributed by atoms with Crippen molar-refractivity contribution in [3.8, 4) is 0 Å². The smallest absolute Gasteiger partial charge is 0.0416 e. The molecule has 2 rings (SSSR count). The van der Waals surface area contributed by atoms with Gasteiger partial charge in [-0.05, 0) is 51.8 Å². The molecule has 0 saturated carbocycles. The molecular weight excluding hydrogens is 332 g/mol. The minimum absolute atomic E-state index is 0.772. The fourth-order valence-electron chi connectivity index (χ4n) is 1.32. The third-order valence-electron chi connectivity index (χ3n) is 2.10. The molecule has 2 aromatic rings.